The summed E-state index contributed by atoms with van der Waals surface area (Å²) in [4.78, 5) is 11.0. The Morgan fingerprint density at radius 3 is 1.68 bits per heavy atom. The number of aliphatic hydroxyl groups excluding tert-OH is 10. The molecule has 216 valence electrons. The van der Waals surface area contributed by atoms with Crippen LogP contribution < -0.4 is 0 Å². The van der Waals surface area contributed by atoms with Gasteiger partial charge in [0.05, 0.1) is 13.2 Å². The van der Waals surface area contributed by atoms with Crippen LogP contribution in [-0.4, -0.2) is 169 Å². The Hall–Kier alpha value is -1.13. The van der Waals surface area contributed by atoms with Crippen molar-refractivity contribution < 1.29 is 84.3 Å². The molecule has 0 amide bonds. The number of carbonyl (C=O) groups is 1. The van der Waals surface area contributed by atoms with E-state index in [4.69, 9.17) is 28.4 Å². The highest BCUT2D eigenvalue weighted by molar-refractivity contribution is 5.65. The number of carbonyl (C=O) groups excluding carboxylic acids is 1. The van der Waals surface area contributed by atoms with Gasteiger partial charge in [-0.1, -0.05) is 0 Å². The molecule has 0 saturated carbocycles. The Morgan fingerprint density at radius 1 is 0.622 bits per heavy atom. The largest absolute Gasteiger partial charge is 0.463 e. The number of hydrogen-bond donors (Lipinski definition) is 10. The summed E-state index contributed by atoms with van der Waals surface area (Å²) >= 11 is 0. The van der Waals surface area contributed by atoms with Crippen molar-refractivity contribution in [3.63, 3.8) is 0 Å². The van der Waals surface area contributed by atoms with Gasteiger partial charge in [-0.15, -0.1) is 0 Å². The van der Waals surface area contributed by atoms with Crippen molar-refractivity contribution in [1.82, 2.24) is 0 Å². The molecule has 0 radical (unpaired) electrons. The van der Waals surface area contributed by atoms with E-state index in [0.29, 0.717) is 0 Å². The molecule has 0 bridgehead atoms. The van der Waals surface area contributed by atoms with Crippen LogP contribution in [0.25, 0.3) is 0 Å². The first-order chi connectivity index (χ1) is 17.4. The van der Waals surface area contributed by atoms with Gasteiger partial charge in [-0.3, -0.25) is 4.79 Å². The van der Waals surface area contributed by atoms with E-state index in [1.807, 2.05) is 0 Å². The molecule has 0 aromatic carbocycles. The second-order valence-electron chi connectivity index (χ2n) is 8.95. The van der Waals surface area contributed by atoms with Gasteiger partial charge in [-0.05, 0) is 0 Å². The third-order valence-corrected chi connectivity index (χ3v) is 6.37. The van der Waals surface area contributed by atoms with Crippen LogP contribution in [0.15, 0.2) is 0 Å². The fraction of sp³-hybridized carbons (Fsp3) is 0.950. The molecule has 17 nitrogen and oxygen atoms in total. The zero-order chi connectivity index (χ0) is 27.6. The third kappa shape index (κ3) is 6.55. The molecule has 37 heavy (non-hydrogen) atoms. The van der Waals surface area contributed by atoms with Crippen molar-refractivity contribution >= 4 is 5.97 Å². The van der Waals surface area contributed by atoms with Crippen LogP contribution in [0.5, 0.6) is 0 Å². The highest BCUT2D eigenvalue weighted by atomic mass is 16.8. The van der Waals surface area contributed by atoms with E-state index >= 15 is 0 Å². The maximum absolute atomic E-state index is 11.0. The van der Waals surface area contributed by atoms with Crippen molar-refractivity contribution in [3.8, 4) is 0 Å². The number of ether oxygens (including phenoxy) is 6. The average Bonchev–Trinajstić information content (AvgIpc) is 2.86. The zero-order valence-corrected chi connectivity index (χ0v) is 19.6. The van der Waals surface area contributed by atoms with Crippen LogP contribution in [0.2, 0.25) is 0 Å². The lowest BCUT2D eigenvalue weighted by molar-refractivity contribution is -0.381. The van der Waals surface area contributed by atoms with E-state index in [9.17, 15) is 55.9 Å². The summed E-state index contributed by atoms with van der Waals surface area (Å²) in [6.07, 6.45) is -25.5. The molecule has 0 aromatic rings. The van der Waals surface area contributed by atoms with Crippen LogP contribution in [0.1, 0.15) is 6.92 Å². The minimum atomic E-state index is -1.95. The molecule has 10 N–H and O–H groups in total. The minimum Gasteiger partial charge on any atom is -0.463 e. The second-order valence-corrected chi connectivity index (χ2v) is 8.95. The Morgan fingerprint density at radius 2 is 1.11 bits per heavy atom. The molecular formula is C20H34O17. The average molecular weight is 546 g/mol. The maximum atomic E-state index is 11.0. The first-order valence-electron chi connectivity index (χ1n) is 11.5. The van der Waals surface area contributed by atoms with Crippen molar-refractivity contribution in [2.24, 2.45) is 0 Å². The first kappa shape index (κ1) is 30.4. The fourth-order valence-electron chi connectivity index (χ4n) is 4.23. The molecule has 0 aliphatic carbocycles. The van der Waals surface area contributed by atoms with E-state index in [1.54, 1.807) is 0 Å². The predicted molar refractivity (Wildman–Crippen MR) is 111 cm³/mol. The summed E-state index contributed by atoms with van der Waals surface area (Å²) in [7, 11) is 0. The highest BCUT2D eigenvalue weighted by Crippen LogP contribution is 2.32. The molecule has 3 aliphatic rings. The molecule has 0 aromatic heterocycles. The van der Waals surface area contributed by atoms with Crippen LogP contribution in [0.3, 0.4) is 0 Å². The lowest BCUT2D eigenvalue weighted by atomic mass is 9.96. The Labute approximate surface area is 209 Å². The summed E-state index contributed by atoms with van der Waals surface area (Å²) < 4.78 is 31.2. The molecule has 17 heteroatoms. The van der Waals surface area contributed by atoms with Gasteiger partial charge in [0.2, 0.25) is 0 Å². The molecule has 3 rings (SSSR count). The number of hydrogen-bond acceptors (Lipinski definition) is 17. The van der Waals surface area contributed by atoms with Gasteiger partial charge in [0.15, 0.2) is 18.9 Å². The predicted octanol–water partition coefficient (Wildman–Crippen LogP) is -7.00. The van der Waals surface area contributed by atoms with E-state index in [2.05, 4.69) is 0 Å². The molecule has 0 spiro atoms. The molecule has 3 heterocycles. The van der Waals surface area contributed by atoms with Crippen LogP contribution in [0.4, 0.5) is 0 Å². The van der Waals surface area contributed by atoms with Gasteiger partial charge in [0.25, 0.3) is 0 Å². The molecule has 3 saturated heterocycles. The van der Waals surface area contributed by atoms with Crippen LogP contribution in [0, 0.1) is 0 Å². The standard InChI is InChI=1S/C20H34O17/c1-5(23)32-4-8-10(25)12(27)17(18(31)33-8)37-20-15(30)13(28)16(7(3-22)35-20)36-19-14(29)11(26)9(24)6(2-21)34-19/h6-22,24-31H,2-4H2,1H3/t6-,7-,8-,9-,10-,11+,12+,13-,14-,15-,16-,17-,18-,19+,20+/m1/s1. The molecule has 3 aliphatic heterocycles. The minimum absolute atomic E-state index is 0.484. The smallest absolute Gasteiger partial charge is 0.302 e. The van der Waals surface area contributed by atoms with E-state index in [-0.39, 0.29) is 0 Å². The quantitative estimate of drug-likeness (QED) is 0.127. The summed E-state index contributed by atoms with van der Waals surface area (Å²) in [5.74, 6) is -0.693. The highest BCUT2D eigenvalue weighted by Gasteiger charge is 2.53. The van der Waals surface area contributed by atoms with Crippen LogP contribution in [-0.2, 0) is 33.2 Å². The Kier molecular flexibility index (Phi) is 10.5. The Bertz CT molecular complexity index is 738. The molecule has 15 atom stereocenters. The topological polar surface area (TPSA) is 275 Å². The summed E-state index contributed by atoms with van der Waals surface area (Å²) in [6.45, 7) is -0.974. The lowest BCUT2D eigenvalue weighted by Crippen LogP contribution is -2.66. The van der Waals surface area contributed by atoms with Crippen molar-refractivity contribution in [2.75, 3.05) is 19.8 Å². The van der Waals surface area contributed by atoms with Gasteiger partial charge in [0, 0.05) is 6.92 Å². The normalized spacial score (nSPS) is 49.0. The van der Waals surface area contributed by atoms with Gasteiger partial charge < -0.3 is 79.5 Å². The second kappa shape index (κ2) is 12.8. The summed E-state index contributed by atoms with van der Waals surface area (Å²) in [5.41, 5.74) is 0. The number of esters is 1. The number of aliphatic hydroxyl groups is 10. The SMILES string of the molecule is CC(=O)OC[C@H]1O[C@@H](O)[C@H](O[C@@H]2O[C@H](CO)[C@@H](O[C@@H]3O[C@H](CO)[C@@H](O)[C@H](O)[C@H]3O)[C@H](O)[C@H]2O)[C@@H](O)[C@@H]1O. The zero-order valence-electron chi connectivity index (χ0n) is 19.6. The molecule has 0 unspecified atom stereocenters. The van der Waals surface area contributed by atoms with Crippen molar-refractivity contribution in [3.05, 3.63) is 0 Å². The molecule has 3 fully saturated rings. The van der Waals surface area contributed by atoms with Crippen molar-refractivity contribution in [1.29, 1.82) is 0 Å². The van der Waals surface area contributed by atoms with E-state index in [0.717, 1.165) is 6.92 Å². The van der Waals surface area contributed by atoms with Gasteiger partial charge >= 0.3 is 5.97 Å². The maximum Gasteiger partial charge on any atom is 0.302 e. The van der Waals surface area contributed by atoms with Crippen LogP contribution >= 0.6 is 0 Å². The van der Waals surface area contributed by atoms with Gasteiger partial charge in [0.1, 0.15) is 79.9 Å². The third-order valence-electron chi connectivity index (χ3n) is 6.37. The summed E-state index contributed by atoms with van der Waals surface area (Å²) in [6, 6.07) is 0. The fourth-order valence-corrected chi connectivity index (χ4v) is 4.23. The summed E-state index contributed by atoms with van der Waals surface area (Å²) in [5, 5.41) is 101. The Balaban J connectivity index is 1.67. The lowest BCUT2D eigenvalue weighted by Gasteiger charge is -2.47. The molecular weight excluding hydrogens is 512 g/mol. The number of rotatable bonds is 8. The first-order valence-corrected chi connectivity index (χ1v) is 11.5. The monoisotopic (exact) mass is 546 g/mol. The van der Waals surface area contributed by atoms with E-state index < -0.39 is 118 Å². The van der Waals surface area contributed by atoms with Crippen molar-refractivity contribution in [2.45, 2.75) is 99.0 Å². The van der Waals surface area contributed by atoms with Gasteiger partial charge in [-0.2, -0.15) is 0 Å². The van der Waals surface area contributed by atoms with Gasteiger partial charge in [-0.25, -0.2) is 0 Å². The van der Waals surface area contributed by atoms with E-state index in [1.165, 1.54) is 0 Å².